The lowest BCUT2D eigenvalue weighted by Crippen LogP contribution is -2.29. The molecule has 18 heavy (non-hydrogen) atoms. The van der Waals surface area contributed by atoms with E-state index in [4.69, 9.17) is 5.11 Å². The van der Waals surface area contributed by atoms with Crippen LogP contribution in [0.5, 0.6) is 0 Å². The van der Waals surface area contributed by atoms with Crippen LogP contribution in [0, 0.1) is 6.92 Å². The van der Waals surface area contributed by atoms with Gasteiger partial charge in [0.1, 0.15) is 5.69 Å². The first-order valence-corrected chi connectivity index (χ1v) is 6.12. The fourth-order valence-corrected chi connectivity index (χ4v) is 1.58. The van der Waals surface area contributed by atoms with E-state index >= 15 is 0 Å². The molecule has 1 rings (SSSR count). The highest BCUT2D eigenvalue weighted by atomic mass is 16.3. The molecule has 1 heterocycles. The van der Waals surface area contributed by atoms with Crippen molar-refractivity contribution in [3.05, 3.63) is 17.5 Å². The molecule has 0 fully saturated rings. The number of hydrogen-bond acceptors (Lipinski definition) is 5. The third-order valence-electron chi connectivity index (χ3n) is 2.52. The van der Waals surface area contributed by atoms with E-state index in [-0.39, 0.29) is 19.1 Å². The van der Waals surface area contributed by atoms with Crippen molar-refractivity contribution in [3.8, 4) is 0 Å². The van der Waals surface area contributed by atoms with E-state index in [2.05, 4.69) is 15.3 Å². The summed E-state index contributed by atoms with van der Waals surface area (Å²) in [4.78, 5) is 22.3. The summed E-state index contributed by atoms with van der Waals surface area (Å²) in [6.07, 6.45) is 0. The molecule has 6 nitrogen and oxygen atoms in total. The summed E-state index contributed by atoms with van der Waals surface area (Å²) in [6, 6.07) is 1.64. The SMILES string of the molecule is CCN(CC)c1nc(C)cc(C(=O)NCCO)n1. The molecule has 0 unspecified atom stereocenters. The smallest absolute Gasteiger partial charge is 0.270 e. The lowest BCUT2D eigenvalue weighted by molar-refractivity contribution is 0.0939. The maximum Gasteiger partial charge on any atom is 0.270 e. The minimum atomic E-state index is -0.289. The zero-order chi connectivity index (χ0) is 13.5. The van der Waals surface area contributed by atoms with Crippen LogP contribution < -0.4 is 10.2 Å². The second kappa shape index (κ2) is 6.90. The van der Waals surface area contributed by atoms with Gasteiger partial charge in [-0.05, 0) is 26.8 Å². The Bertz CT molecular complexity index is 405. The van der Waals surface area contributed by atoms with Crippen molar-refractivity contribution in [1.29, 1.82) is 0 Å². The average Bonchev–Trinajstić information content (AvgIpc) is 2.36. The lowest BCUT2D eigenvalue weighted by atomic mass is 10.3. The van der Waals surface area contributed by atoms with Gasteiger partial charge in [0.15, 0.2) is 0 Å². The third kappa shape index (κ3) is 3.66. The van der Waals surface area contributed by atoms with Gasteiger partial charge >= 0.3 is 0 Å². The van der Waals surface area contributed by atoms with Gasteiger partial charge in [-0.15, -0.1) is 0 Å². The molecule has 0 saturated heterocycles. The molecule has 0 aliphatic heterocycles. The number of rotatable bonds is 6. The van der Waals surface area contributed by atoms with Gasteiger partial charge in [-0.3, -0.25) is 4.79 Å². The molecule has 6 heteroatoms. The predicted octanol–water partition coefficient (Wildman–Crippen LogP) is 0.353. The molecule has 0 aromatic carbocycles. The number of nitrogens with zero attached hydrogens (tertiary/aromatic N) is 3. The van der Waals surface area contributed by atoms with Gasteiger partial charge in [-0.2, -0.15) is 0 Å². The molecule has 1 aromatic rings. The van der Waals surface area contributed by atoms with Crippen molar-refractivity contribution >= 4 is 11.9 Å². The van der Waals surface area contributed by atoms with Crippen LogP contribution in [-0.2, 0) is 0 Å². The highest BCUT2D eigenvalue weighted by molar-refractivity contribution is 5.92. The molecule has 1 aromatic heterocycles. The number of carbonyl (C=O) groups is 1. The topological polar surface area (TPSA) is 78.4 Å². The minimum absolute atomic E-state index is 0.0846. The van der Waals surface area contributed by atoms with Gasteiger partial charge in [0.25, 0.3) is 5.91 Å². The van der Waals surface area contributed by atoms with E-state index in [1.807, 2.05) is 25.7 Å². The van der Waals surface area contributed by atoms with E-state index < -0.39 is 0 Å². The fraction of sp³-hybridized carbons (Fsp3) is 0.583. The van der Waals surface area contributed by atoms with Crippen molar-refractivity contribution in [3.63, 3.8) is 0 Å². The molecule has 0 saturated carbocycles. The maximum absolute atomic E-state index is 11.8. The molecule has 0 spiro atoms. The predicted molar refractivity (Wildman–Crippen MR) is 69.7 cm³/mol. The Morgan fingerprint density at radius 3 is 2.61 bits per heavy atom. The van der Waals surface area contributed by atoms with Crippen LogP contribution in [0.3, 0.4) is 0 Å². The van der Waals surface area contributed by atoms with Gasteiger partial charge < -0.3 is 15.3 Å². The van der Waals surface area contributed by atoms with Gasteiger partial charge in [-0.1, -0.05) is 0 Å². The lowest BCUT2D eigenvalue weighted by Gasteiger charge is -2.19. The van der Waals surface area contributed by atoms with Crippen molar-refractivity contribution in [2.45, 2.75) is 20.8 Å². The number of anilines is 1. The van der Waals surface area contributed by atoms with Crippen LogP contribution in [0.4, 0.5) is 5.95 Å². The van der Waals surface area contributed by atoms with Crippen LogP contribution in [-0.4, -0.2) is 47.2 Å². The molecule has 0 aliphatic carbocycles. The first-order chi connectivity index (χ1) is 8.62. The standard InChI is InChI=1S/C12H20N4O2/c1-4-16(5-2)12-14-9(3)8-10(15-12)11(18)13-6-7-17/h8,17H,4-7H2,1-3H3,(H,13,18). The Hall–Kier alpha value is -1.69. The summed E-state index contributed by atoms with van der Waals surface area (Å²) < 4.78 is 0. The number of amides is 1. The second-order valence-corrected chi connectivity index (χ2v) is 3.85. The average molecular weight is 252 g/mol. The highest BCUT2D eigenvalue weighted by Crippen LogP contribution is 2.09. The normalized spacial score (nSPS) is 10.2. The number of nitrogens with one attached hydrogen (secondary N) is 1. The Morgan fingerprint density at radius 1 is 1.39 bits per heavy atom. The maximum atomic E-state index is 11.8. The summed E-state index contributed by atoms with van der Waals surface area (Å²) in [6.45, 7) is 7.58. The Kier molecular flexibility index (Phi) is 5.51. The van der Waals surface area contributed by atoms with Gasteiger partial charge in [0, 0.05) is 25.3 Å². The number of aryl methyl sites for hydroxylation is 1. The number of carbonyl (C=O) groups excluding carboxylic acids is 1. The van der Waals surface area contributed by atoms with Gasteiger partial charge in [0.05, 0.1) is 6.61 Å². The fourth-order valence-electron chi connectivity index (χ4n) is 1.58. The molecule has 0 radical (unpaired) electrons. The van der Waals surface area contributed by atoms with Crippen molar-refractivity contribution in [2.75, 3.05) is 31.1 Å². The quantitative estimate of drug-likeness (QED) is 0.764. The van der Waals surface area contributed by atoms with E-state index in [0.717, 1.165) is 18.8 Å². The minimum Gasteiger partial charge on any atom is -0.395 e. The van der Waals surface area contributed by atoms with Crippen LogP contribution in [0.1, 0.15) is 30.0 Å². The second-order valence-electron chi connectivity index (χ2n) is 3.85. The molecule has 0 bridgehead atoms. The van der Waals surface area contributed by atoms with Gasteiger partial charge in [0.2, 0.25) is 5.95 Å². The van der Waals surface area contributed by atoms with Crippen molar-refractivity contribution < 1.29 is 9.90 Å². The molecule has 100 valence electrons. The van der Waals surface area contributed by atoms with Crippen molar-refractivity contribution in [1.82, 2.24) is 15.3 Å². The zero-order valence-electron chi connectivity index (χ0n) is 11.1. The largest absolute Gasteiger partial charge is 0.395 e. The summed E-state index contributed by atoms with van der Waals surface area (Å²) >= 11 is 0. The molecular weight excluding hydrogens is 232 g/mol. The summed E-state index contributed by atoms with van der Waals surface area (Å²) in [5, 5.41) is 11.3. The molecule has 1 amide bonds. The van der Waals surface area contributed by atoms with Crippen LogP contribution in [0.15, 0.2) is 6.07 Å². The summed E-state index contributed by atoms with van der Waals surface area (Å²) in [5.74, 6) is 0.275. The summed E-state index contributed by atoms with van der Waals surface area (Å²) in [5.41, 5.74) is 1.08. The number of hydrogen-bond donors (Lipinski definition) is 2. The molecule has 0 atom stereocenters. The number of aromatic nitrogens is 2. The number of aliphatic hydroxyl groups excluding tert-OH is 1. The van der Waals surface area contributed by atoms with Crippen LogP contribution in [0.25, 0.3) is 0 Å². The van der Waals surface area contributed by atoms with Crippen LogP contribution in [0.2, 0.25) is 0 Å². The van der Waals surface area contributed by atoms with E-state index in [0.29, 0.717) is 11.6 Å². The first-order valence-electron chi connectivity index (χ1n) is 6.12. The van der Waals surface area contributed by atoms with E-state index in [1.54, 1.807) is 6.07 Å². The van der Waals surface area contributed by atoms with E-state index in [1.165, 1.54) is 0 Å². The highest BCUT2D eigenvalue weighted by Gasteiger charge is 2.12. The Morgan fingerprint density at radius 2 is 2.06 bits per heavy atom. The van der Waals surface area contributed by atoms with Gasteiger partial charge in [-0.25, -0.2) is 9.97 Å². The first kappa shape index (κ1) is 14.4. The Labute approximate surface area is 107 Å². The van der Waals surface area contributed by atoms with Crippen molar-refractivity contribution in [2.24, 2.45) is 0 Å². The molecular formula is C12H20N4O2. The van der Waals surface area contributed by atoms with E-state index in [9.17, 15) is 4.79 Å². The zero-order valence-corrected chi connectivity index (χ0v) is 11.1. The molecule has 2 N–H and O–H groups in total. The third-order valence-corrected chi connectivity index (χ3v) is 2.52. The Balaban J connectivity index is 2.96. The molecule has 0 aliphatic rings. The monoisotopic (exact) mass is 252 g/mol. The summed E-state index contributed by atoms with van der Waals surface area (Å²) in [7, 11) is 0. The number of aliphatic hydroxyl groups is 1. The van der Waals surface area contributed by atoms with Crippen LogP contribution >= 0.6 is 0 Å².